The summed E-state index contributed by atoms with van der Waals surface area (Å²) in [5, 5.41) is 14.7. The molecule has 1 amide bonds. The van der Waals surface area contributed by atoms with Gasteiger partial charge in [0.15, 0.2) is 11.0 Å². The Morgan fingerprint density at radius 1 is 1.17 bits per heavy atom. The van der Waals surface area contributed by atoms with E-state index in [1.165, 1.54) is 30.2 Å². The van der Waals surface area contributed by atoms with E-state index in [0.29, 0.717) is 37.9 Å². The minimum absolute atomic E-state index is 0.0856. The molecule has 0 fully saturated rings. The maximum absolute atomic E-state index is 12.7. The number of methoxy groups -OCH3 is 1. The number of thiophene rings is 1. The minimum atomic E-state index is -0.507. The van der Waals surface area contributed by atoms with Crippen LogP contribution >= 0.6 is 34.7 Å². The number of hydrogen-bond donors (Lipinski definition) is 1. The summed E-state index contributed by atoms with van der Waals surface area (Å²) in [5.74, 6) is 0.632. The lowest BCUT2D eigenvalue weighted by molar-refractivity contribution is -0.113. The molecule has 1 N–H and O–H groups in total. The first kappa shape index (κ1) is 25.7. The third-order valence-corrected chi connectivity index (χ3v) is 7.42. The molecule has 0 unspecified atom stereocenters. The maximum atomic E-state index is 12.7. The lowest BCUT2D eigenvalue weighted by atomic mass is 10.0. The van der Waals surface area contributed by atoms with Crippen molar-refractivity contribution in [1.82, 2.24) is 14.8 Å². The number of thioether (sulfide) groups is 1. The van der Waals surface area contributed by atoms with E-state index in [-0.39, 0.29) is 18.3 Å². The zero-order valence-electron chi connectivity index (χ0n) is 19.8. The number of nitrogens with one attached hydrogen (secondary N) is 1. The predicted molar refractivity (Wildman–Crippen MR) is 142 cm³/mol. The lowest BCUT2D eigenvalue weighted by Gasteiger charge is -2.09. The van der Waals surface area contributed by atoms with Gasteiger partial charge in [0.25, 0.3) is 0 Å². The van der Waals surface area contributed by atoms with Crippen LogP contribution in [0.2, 0.25) is 5.02 Å². The van der Waals surface area contributed by atoms with E-state index < -0.39 is 5.97 Å². The van der Waals surface area contributed by atoms with E-state index in [1.807, 2.05) is 61.8 Å². The van der Waals surface area contributed by atoms with Gasteiger partial charge < -0.3 is 19.4 Å². The van der Waals surface area contributed by atoms with E-state index in [1.54, 1.807) is 10.6 Å². The number of carbonyl (C=O) groups excluding carboxylic acids is 2. The summed E-state index contributed by atoms with van der Waals surface area (Å²) >= 11 is 8.51. The fourth-order valence-corrected chi connectivity index (χ4v) is 5.32. The Bertz CT molecular complexity index is 1390. The highest BCUT2D eigenvalue weighted by Gasteiger charge is 2.22. The van der Waals surface area contributed by atoms with Crippen LogP contribution in [0.25, 0.3) is 11.1 Å². The summed E-state index contributed by atoms with van der Waals surface area (Å²) in [4.78, 5) is 25.2. The van der Waals surface area contributed by atoms with Crippen LogP contribution in [0.5, 0.6) is 5.75 Å². The number of benzene rings is 2. The van der Waals surface area contributed by atoms with Crippen molar-refractivity contribution in [3.05, 3.63) is 75.9 Å². The predicted octanol–water partition coefficient (Wildman–Crippen LogP) is 5.60. The monoisotopic (exact) mass is 542 g/mol. The minimum Gasteiger partial charge on any atom is -0.485 e. The number of carbonyl (C=O) groups is 2. The number of anilines is 1. The molecule has 0 radical (unpaired) electrons. The number of aryl methyl sites for hydroxylation is 1. The van der Waals surface area contributed by atoms with Crippen molar-refractivity contribution < 1.29 is 19.1 Å². The van der Waals surface area contributed by atoms with Gasteiger partial charge in [-0.15, -0.1) is 21.5 Å². The van der Waals surface area contributed by atoms with E-state index in [4.69, 9.17) is 21.1 Å². The summed E-state index contributed by atoms with van der Waals surface area (Å²) in [6, 6.07) is 14.9. The van der Waals surface area contributed by atoms with Gasteiger partial charge in [-0.05, 0) is 36.2 Å². The normalized spacial score (nSPS) is 10.8. The number of amides is 1. The average Bonchev–Trinajstić information content (AvgIpc) is 3.45. The van der Waals surface area contributed by atoms with Crippen molar-refractivity contribution in [2.75, 3.05) is 18.2 Å². The summed E-state index contributed by atoms with van der Waals surface area (Å²) < 4.78 is 12.6. The van der Waals surface area contributed by atoms with Crippen molar-refractivity contribution in [3.8, 4) is 16.9 Å². The zero-order valence-corrected chi connectivity index (χ0v) is 22.2. The third kappa shape index (κ3) is 5.89. The zero-order chi connectivity index (χ0) is 25.7. The number of ether oxygens (including phenoxy) is 2. The molecule has 0 aliphatic carbocycles. The lowest BCUT2D eigenvalue weighted by Crippen LogP contribution is -2.16. The molecule has 0 saturated carbocycles. The van der Waals surface area contributed by atoms with Gasteiger partial charge in [-0.1, -0.05) is 53.7 Å². The highest BCUT2D eigenvalue weighted by molar-refractivity contribution is 7.99. The second-order valence-corrected chi connectivity index (χ2v) is 9.96. The Hall–Kier alpha value is -3.34. The van der Waals surface area contributed by atoms with Gasteiger partial charge in [0, 0.05) is 23.0 Å². The highest BCUT2D eigenvalue weighted by atomic mass is 35.5. The molecule has 0 saturated heterocycles. The van der Waals surface area contributed by atoms with Crippen molar-refractivity contribution in [1.29, 1.82) is 0 Å². The molecule has 4 aromatic rings. The Morgan fingerprint density at radius 3 is 2.67 bits per heavy atom. The van der Waals surface area contributed by atoms with Gasteiger partial charge in [-0.25, -0.2) is 4.79 Å². The van der Waals surface area contributed by atoms with Gasteiger partial charge in [-0.3, -0.25) is 4.79 Å². The Labute approximate surface area is 221 Å². The molecule has 2 aromatic heterocycles. The Kier molecular flexibility index (Phi) is 8.29. The van der Waals surface area contributed by atoms with E-state index in [0.717, 1.165) is 11.1 Å². The molecule has 0 aliphatic heterocycles. The van der Waals surface area contributed by atoms with Gasteiger partial charge in [-0.2, -0.15) is 0 Å². The second-order valence-electron chi connectivity index (χ2n) is 7.70. The SMILES string of the molecule is COC(=O)c1c(-c2ccccc2)csc1NC(=O)CSc1nnc(COc2ccc(Cl)cc2C)n1C. The molecule has 4 rings (SSSR count). The van der Waals surface area contributed by atoms with Gasteiger partial charge >= 0.3 is 5.97 Å². The van der Waals surface area contributed by atoms with Gasteiger partial charge in [0.1, 0.15) is 22.9 Å². The molecule has 2 heterocycles. The van der Waals surface area contributed by atoms with Crippen LogP contribution in [0.3, 0.4) is 0 Å². The summed E-state index contributed by atoms with van der Waals surface area (Å²) in [5.41, 5.74) is 2.84. The molecule has 2 aromatic carbocycles. The van der Waals surface area contributed by atoms with Crippen LogP contribution in [0.4, 0.5) is 5.00 Å². The number of aromatic nitrogens is 3. The molecular formula is C25H23ClN4O4S2. The second kappa shape index (κ2) is 11.6. The van der Waals surface area contributed by atoms with Crippen LogP contribution in [-0.2, 0) is 23.2 Å². The van der Waals surface area contributed by atoms with Crippen LogP contribution in [0.1, 0.15) is 21.7 Å². The molecule has 11 heteroatoms. The van der Waals surface area contributed by atoms with Crippen molar-refractivity contribution >= 4 is 51.6 Å². The van der Waals surface area contributed by atoms with Gasteiger partial charge in [0.2, 0.25) is 5.91 Å². The number of rotatable bonds is 9. The van der Waals surface area contributed by atoms with Crippen LogP contribution < -0.4 is 10.1 Å². The smallest absolute Gasteiger partial charge is 0.341 e. The summed E-state index contributed by atoms with van der Waals surface area (Å²) in [7, 11) is 3.13. The molecule has 0 aliphatic rings. The molecular weight excluding hydrogens is 520 g/mol. The van der Waals surface area contributed by atoms with Crippen LogP contribution in [-0.4, -0.2) is 39.5 Å². The third-order valence-electron chi connectivity index (χ3n) is 5.27. The fraction of sp³-hybridized carbons (Fsp3) is 0.200. The molecule has 8 nitrogen and oxygen atoms in total. The standard InChI is InChI=1S/C25H23ClN4O4S2/c1-15-11-17(26)9-10-19(15)34-12-20-28-29-25(30(20)2)36-14-21(31)27-23-22(24(32)33-3)18(13-35-23)16-7-5-4-6-8-16/h4-11,13H,12,14H2,1-3H3,(H,27,31). The van der Waals surface area contributed by atoms with E-state index in [9.17, 15) is 9.59 Å². The first-order valence-corrected chi connectivity index (χ1v) is 13.1. The number of nitrogens with zero attached hydrogens (tertiary/aromatic N) is 3. The maximum Gasteiger partial charge on any atom is 0.341 e. The Balaban J connectivity index is 1.39. The summed E-state index contributed by atoms with van der Waals surface area (Å²) in [6.07, 6.45) is 0. The van der Waals surface area contributed by atoms with Crippen molar-refractivity contribution in [2.24, 2.45) is 7.05 Å². The fourth-order valence-electron chi connectivity index (χ4n) is 3.39. The number of halogens is 1. The van der Waals surface area contributed by atoms with Crippen LogP contribution in [0, 0.1) is 6.92 Å². The Morgan fingerprint density at radius 2 is 1.94 bits per heavy atom. The topological polar surface area (TPSA) is 95.3 Å². The summed E-state index contributed by atoms with van der Waals surface area (Å²) in [6.45, 7) is 2.14. The van der Waals surface area contributed by atoms with Gasteiger partial charge in [0.05, 0.1) is 12.9 Å². The quantitative estimate of drug-likeness (QED) is 0.217. The van der Waals surface area contributed by atoms with E-state index in [2.05, 4.69) is 15.5 Å². The number of esters is 1. The highest BCUT2D eigenvalue weighted by Crippen LogP contribution is 2.36. The van der Waals surface area contributed by atoms with E-state index >= 15 is 0 Å². The first-order chi connectivity index (χ1) is 17.4. The molecule has 0 bridgehead atoms. The molecule has 36 heavy (non-hydrogen) atoms. The van der Waals surface area contributed by atoms with Crippen molar-refractivity contribution in [2.45, 2.75) is 18.7 Å². The molecule has 186 valence electrons. The van der Waals surface area contributed by atoms with Crippen LogP contribution in [0.15, 0.2) is 59.1 Å². The largest absolute Gasteiger partial charge is 0.485 e. The average molecular weight is 543 g/mol. The molecule has 0 spiro atoms. The number of hydrogen-bond acceptors (Lipinski definition) is 8. The molecule has 0 atom stereocenters. The van der Waals surface area contributed by atoms with Crippen molar-refractivity contribution in [3.63, 3.8) is 0 Å². The first-order valence-electron chi connectivity index (χ1n) is 10.8.